The number of hydrogen-bond acceptors (Lipinski definition) is 4. The zero-order valence-corrected chi connectivity index (χ0v) is 17.9. The molecule has 6 heteroatoms. The van der Waals surface area contributed by atoms with E-state index in [1.165, 1.54) is 0 Å². The van der Waals surface area contributed by atoms with E-state index in [1.54, 1.807) is 23.5 Å². The molecule has 148 valence electrons. The van der Waals surface area contributed by atoms with Crippen LogP contribution in [0.5, 0.6) is 0 Å². The van der Waals surface area contributed by atoms with Crippen molar-refractivity contribution in [1.82, 2.24) is 9.80 Å². The molecule has 1 fully saturated rings. The minimum absolute atomic E-state index is 0.128. The number of carbonyl (C=O) groups excluding carboxylic acids is 2. The first-order chi connectivity index (χ1) is 13.5. The molecule has 1 heterocycles. The molecule has 0 spiro atoms. The van der Waals surface area contributed by atoms with Crippen LogP contribution in [0.25, 0.3) is 0 Å². The Kier molecular flexibility index (Phi) is 7.45. The minimum atomic E-state index is -0.128. The van der Waals surface area contributed by atoms with Crippen molar-refractivity contribution in [2.45, 2.75) is 34.1 Å². The Bertz CT molecular complexity index is 710. The van der Waals surface area contributed by atoms with Gasteiger partial charge >= 0.3 is 0 Å². The van der Waals surface area contributed by atoms with E-state index in [0.29, 0.717) is 26.2 Å². The minimum Gasteiger partial charge on any atom is -0.338 e. The van der Waals surface area contributed by atoms with E-state index in [0.717, 1.165) is 9.79 Å². The predicted octanol–water partition coefficient (Wildman–Crippen LogP) is 4.02. The topological polar surface area (TPSA) is 40.6 Å². The SMILES string of the molecule is CC(Sc1ccccc1)C(=O)N1CCN(C(=O)C(C)Sc2ccccc2)CC1. The molecule has 2 unspecified atom stereocenters. The van der Waals surface area contributed by atoms with Gasteiger partial charge in [-0.25, -0.2) is 0 Å². The van der Waals surface area contributed by atoms with E-state index in [2.05, 4.69) is 0 Å². The Morgan fingerprint density at radius 1 is 0.679 bits per heavy atom. The van der Waals surface area contributed by atoms with Crippen molar-refractivity contribution < 1.29 is 9.59 Å². The van der Waals surface area contributed by atoms with Crippen molar-refractivity contribution in [3.05, 3.63) is 60.7 Å². The molecule has 2 amide bonds. The van der Waals surface area contributed by atoms with Gasteiger partial charge in [0, 0.05) is 36.0 Å². The third kappa shape index (κ3) is 5.55. The van der Waals surface area contributed by atoms with Gasteiger partial charge in [0.15, 0.2) is 0 Å². The van der Waals surface area contributed by atoms with Crippen LogP contribution < -0.4 is 0 Å². The van der Waals surface area contributed by atoms with Gasteiger partial charge in [0.05, 0.1) is 10.5 Å². The second-order valence-corrected chi connectivity index (χ2v) is 9.63. The number of piperazine rings is 1. The molecule has 0 radical (unpaired) electrons. The third-order valence-electron chi connectivity index (χ3n) is 4.71. The second-order valence-electron chi connectivity index (χ2n) is 6.80. The average Bonchev–Trinajstić information content (AvgIpc) is 2.74. The summed E-state index contributed by atoms with van der Waals surface area (Å²) in [6.07, 6.45) is 0. The molecule has 2 aromatic rings. The molecule has 4 nitrogen and oxygen atoms in total. The molecular weight excluding hydrogens is 388 g/mol. The summed E-state index contributed by atoms with van der Waals surface area (Å²) in [7, 11) is 0. The molecule has 1 aliphatic rings. The van der Waals surface area contributed by atoms with Crippen molar-refractivity contribution in [2.75, 3.05) is 26.2 Å². The van der Waals surface area contributed by atoms with Gasteiger partial charge in [-0.1, -0.05) is 36.4 Å². The van der Waals surface area contributed by atoms with Crippen LogP contribution in [0.4, 0.5) is 0 Å². The van der Waals surface area contributed by atoms with Gasteiger partial charge in [0.1, 0.15) is 0 Å². The Labute approximate surface area is 175 Å². The van der Waals surface area contributed by atoms with Gasteiger partial charge in [-0.2, -0.15) is 0 Å². The van der Waals surface area contributed by atoms with Crippen LogP contribution in [-0.4, -0.2) is 58.3 Å². The zero-order chi connectivity index (χ0) is 19.9. The molecule has 0 N–H and O–H groups in total. The maximum absolute atomic E-state index is 12.8. The molecule has 0 aromatic heterocycles. The van der Waals surface area contributed by atoms with Crippen molar-refractivity contribution >= 4 is 35.3 Å². The van der Waals surface area contributed by atoms with Gasteiger partial charge in [-0.3, -0.25) is 9.59 Å². The lowest BCUT2D eigenvalue weighted by molar-refractivity contribution is -0.138. The van der Waals surface area contributed by atoms with E-state index in [1.807, 2.05) is 84.3 Å². The smallest absolute Gasteiger partial charge is 0.235 e. The number of hydrogen-bond donors (Lipinski definition) is 0. The van der Waals surface area contributed by atoms with Crippen LogP contribution in [-0.2, 0) is 9.59 Å². The maximum Gasteiger partial charge on any atom is 0.235 e. The summed E-state index contributed by atoms with van der Waals surface area (Å²) in [6, 6.07) is 20.0. The zero-order valence-electron chi connectivity index (χ0n) is 16.3. The lowest BCUT2D eigenvalue weighted by Gasteiger charge is -2.36. The van der Waals surface area contributed by atoms with Gasteiger partial charge in [0.2, 0.25) is 11.8 Å². The molecule has 1 aliphatic heterocycles. The number of carbonyl (C=O) groups is 2. The number of thioether (sulfide) groups is 2. The molecule has 28 heavy (non-hydrogen) atoms. The molecular formula is C22H26N2O2S2. The van der Waals surface area contributed by atoms with Gasteiger partial charge in [-0.15, -0.1) is 23.5 Å². The molecule has 0 bridgehead atoms. The maximum atomic E-state index is 12.8. The average molecular weight is 415 g/mol. The van der Waals surface area contributed by atoms with Crippen molar-refractivity contribution in [1.29, 1.82) is 0 Å². The summed E-state index contributed by atoms with van der Waals surface area (Å²) in [5, 5.41) is -0.255. The Hall–Kier alpha value is -1.92. The van der Waals surface area contributed by atoms with Gasteiger partial charge in [0.25, 0.3) is 0 Å². The van der Waals surface area contributed by atoms with Crippen molar-refractivity contribution in [3.63, 3.8) is 0 Å². The van der Waals surface area contributed by atoms with E-state index in [-0.39, 0.29) is 22.3 Å². The molecule has 2 aromatic carbocycles. The number of nitrogens with zero attached hydrogens (tertiary/aromatic N) is 2. The largest absolute Gasteiger partial charge is 0.338 e. The van der Waals surface area contributed by atoms with Crippen LogP contribution in [0.3, 0.4) is 0 Å². The fourth-order valence-electron chi connectivity index (χ4n) is 3.17. The standard InChI is InChI=1S/C22H26N2O2S2/c1-17(27-19-9-5-3-6-10-19)21(25)23-13-15-24(16-14-23)22(26)18(2)28-20-11-7-4-8-12-20/h3-12,17-18H,13-16H2,1-2H3. The highest BCUT2D eigenvalue weighted by molar-refractivity contribution is 8.00. The lowest BCUT2D eigenvalue weighted by Crippen LogP contribution is -2.53. The van der Waals surface area contributed by atoms with Crippen LogP contribution in [0, 0.1) is 0 Å². The molecule has 1 saturated heterocycles. The van der Waals surface area contributed by atoms with E-state index in [4.69, 9.17) is 0 Å². The Morgan fingerprint density at radius 3 is 1.32 bits per heavy atom. The molecule has 2 atom stereocenters. The number of rotatable bonds is 6. The number of amides is 2. The Balaban J connectivity index is 1.48. The van der Waals surface area contributed by atoms with Crippen molar-refractivity contribution in [3.8, 4) is 0 Å². The summed E-state index contributed by atoms with van der Waals surface area (Å²) in [5.41, 5.74) is 0. The van der Waals surface area contributed by atoms with Crippen LogP contribution in [0.2, 0.25) is 0 Å². The fraction of sp³-hybridized carbons (Fsp3) is 0.364. The summed E-state index contributed by atoms with van der Waals surface area (Å²) in [6.45, 7) is 6.33. The Morgan fingerprint density at radius 2 is 1.00 bits per heavy atom. The van der Waals surface area contributed by atoms with Crippen LogP contribution >= 0.6 is 23.5 Å². The van der Waals surface area contributed by atoms with E-state index >= 15 is 0 Å². The fourth-order valence-corrected chi connectivity index (χ4v) is 5.11. The summed E-state index contributed by atoms with van der Waals surface area (Å²) >= 11 is 3.17. The molecule has 0 aliphatic carbocycles. The highest BCUT2D eigenvalue weighted by Gasteiger charge is 2.29. The molecule has 3 rings (SSSR count). The normalized spacial score (nSPS) is 16.5. The first kappa shape index (κ1) is 20.8. The van der Waals surface area contributed by atoms with Crippen LogP contribution in [0.15, 0.2) is 70.5 Å². The third-order valence-corrected chi connectivity index (χ3v) is 6.91. The van der Waals surface area contributed by atoms with Crippen molar-refractivity contribution in [2.24, 2.45) is 0 Å². The van der Waals surface area contributed by atoms with Gasteiger partial charge < -0.3 is 9.80 Å². The summed E-state index contributed by atoms with van der Waals surface area (Å²) < 4.78 is 0. The monoisotopic (exact) mass is 414 g/mol. The highest BCUT2D eigenvalue weighted by atomic mass is 32.2. The lowest BCUT2D eigenvalue weighted by atomic mass is 10.2. The summed E-state index contributed by atoms with van der Waals surface area (Å²) in [5.74, 6) is 0.292. The predicted molar refractivity (Wildman–Crippen MR) is 117 cm³/mol. The quantitative estimate of drug-likeness (QED) is 0.670. The molecule has 0 saturated carbocycles. The van der Waals surface area contributed by atoms with Gasteiger partial charge in [-0.05, 0) is 38.1 Å². The highest BCUT2D eigenvalue weighted by Crippen LogP contribution is 2.26. The van der Waals surface area contributed by atoms with Crippen LogP contribution in [0.1, 0.15) is 13.8 Å². The number of benzene rings is 2. The second kappa shape index (κ2) is 10.0. The summed E-state index contributed by atoms with van der Waals surface area (Å²) in [4.78, 5) is 31.5. The van der Waals surface area contributed by atoms with E-state index in [9.17, 15) is 9.59 Å². The first-order valence-corrected chi connectivity index (χ1v) is 11.3. The van der Waals surface area contributed by atoms with E-state index < -0.39 is 0 Å². The first-order valence-electron chi connectivity index (χ1n) is 9.55.